The van der Waals surface area contributed by atoms with Crippen molar-refractivity contribution in [1.82, 2.24) is 5.32 Å². The number of thioether (sulfide) groups is 1. The number of carbonyl (C=O) groups is 1. The van der Waals surface area contributed by atoms with E-state index >= 15 is 0 Å². The van der Waals surface area contributed by atoms with Crippen LogP contribution in [-0.2, 0) is 14.8 Å². The van der Waals surface area contributed by atoms with Crippen molar-refractivity contribution < 1.29 is 13.2 Å². The van der Waals surface area contributed by atoms with Gasteiger partial charge in [0.05, 0.1) is 16.6 Å². The minimum Gasteiger partial charge on any atom is -0.372 e. The van der Waals surface area contributed by atoms with Gasteiger partial charge in [-0.15, -0.1) is 11.8 Å². The van der Waals surface area contributed by atoms with Crippen molar-refractivity contribution in [2.24, 2.45) is 0 Å². The van der Waals surface area contributed by atoms with Gasteiger partial charge in [0, 0.05) is 23.7 Å². The van der Waals surface area contributed by atoms with Gasteiger partial charge in [0.25, 0.3) is 10.0 Å². The Morgan fingerprint density at radius 2 is 1.58 bits per heavy atom. The lowest BCUT2D eigenvalue weighted by molar-refractivity contribution is -0.120. The highest BCUT2D eigenvalue weighted by atomic mass is 32.2. The van der Waals surface area contributed by atoms with Crippen molar-refractivity contribution in [1.29, 1.82) is 0 Å². The van der Waals surface area contributed by atoms with E-state index in [9.17, 15) is 13.2 Å². The highest BCUT2D eigenvalue weighted by Gasteiger charge is 2.28. The zero-order valence-corrected chi connectivity index (χ0v) is 22.6. The molecule has 1 aliphatic heterocycles. The minimum atomic E-state index is -3.94. The van der Waals surface area contributed by atoms with Crippen molar-refractivity contribution >= 4 is 39.1 Å². The number of rotatable bonds is 9. The largest absolute Gasteiger partial charge is 0.372 e. The minimum absolute atomic E-state index is 0.152. The van der Waals surface area contributed by atoms with Gasteiger partial charge in [0.1, 0.15) is 6.54 Å². The second-order valence-electron chi connectivity index (χ2n) is 9.10. The molecule has 1 amide bonds. The molecule has 0 aliphatic carbocycles. The molecule has 1 aliphatic rings. The topological polar surface area (TPSA) is 69.7 Å². The number of anilines is 2. The Labute approximate surface area is 218 Å². The van der Waals surface area contributed by atoms with Gasteiger partial charge in [-0.1, -0.05) is 29.8 Å². The lowest BCUT2D eigenvalue weighted by Gasteiger charge is -2.25. The van der Waals surface area contributed by atoms with Crippen LogP contribution in [0.15, 0.2) is 82.6 Å². The lowest BCUT2D eigenvalue weighted by atomic mass is 10.1. The third-order valence-corrected chi connectivity index (χ3v) is 9.03. The molecule has 36 heavy (non-hydrogen) atoms. The van der Waals surface area contributed by atoms with E-state index in [2.05, 4.69) is 22.3 Å². The molecule has 3 aromatic carbocycles. The van der Waals surface area contributed by atoms with Gasteiger partial charge in [-0.3, -0.25) is 9.10 Å². The van der Waals surface area contributed by atoms with Crippen LogP contribution in [-0.4, -0.2) is 40.2 Å². The zero-order chi connectivity index (χ0) is 25.7. The van der Waals surface area contributed by atoms with Gasteiger partial charge in [-0.05, 0) is 87.0 Å². The Bertz CT molecular complexity index is 1270. The molecule has 0 radical (unpaired) electrons. The molecule has 0 aromatic heterocycles. The highest BCUT2D eigenvalue weighted by molar-refractivity contribution is 7.98. The van der Waals surface area contributed by atoms with E-state index in [1.807, 2.05) is 44.4 Å². The summed E-state index contributed by atoms with van der Waals surface area (Å²) in [5, 5.41) is 2.98. The van der Waals surface area contributed by atoms with E-state index < -0.39 is 10.0 Å². The second kappa shape index (κ2) is 11.4. The average Bonchev–Trinajstić information content (AvgIpc) is 3.43. The first-order chi connectivity index (χ1) is 17.3. The third-order valence-electron chi connectivity index (χ3n) is 6.50. The molecule has 1 fully saturated rings. The fraction of sp³-hybridized carbons (Fsp3) is 0.321. The predicted molar refractivity (Wildman–Crippen MR) is 148 cm³/mol. The SMILES string of the molecule is CSc1ccc(S(=O)(=O)N(CC(=O)NC(C)c2ccc(N3CCCC3)cc2)c2ccc(C)cc2)cc1. The molecule has 4 rings (SSSR count). The first-order valence-corrected chi connectivity index (χ1v) is 14.8. The van der Waals surface area contributed by atoms with Crippen LogP contribution in [0.5, 0.6) is 0 Å². The number of hydrogen-bond donors (Lipinski definition) is 1. The van der Waals surface area contributed by atoms with E-state index in [4.69, 9.17) is 0 Å². The molecule has 1 heterocycles. The molecule has 8 heteroatoms. The first-order valence-electron chi connectivity index (χ1n) is 12.2. The van der Waals surface area contributed by atoms with Gasteiger partial charge in [-0.25, -0.2) is 8.42 Å². The maximum Gasteiger partial charge on any atom is 0.264 e. The Kier molecular flexibility index (Phi) is 8.26. The monoisotopic (exact) mass is 523 g/mol. The molecule has 0 saturated carbocycles. The molecule has 1 atom stereocenters. The van der Waals surface area contributed by atoms with Gasteiger partial charge < -0.3 is 10.2 Å². The predicted octanol–water partition coefficient (Wildman–Crippen LogP) is 5.39. The Hall–Kier alpha value is -2.97. The first kappa shape index (κ1) is 26.1. The van der Waals surface area contributed by atoms with E-state index in [-0.39, 0.29) is 23.4 Å². The van der Waals surface area contributed by atoms with Gasteiger partial charge in [0.2, 0.25) is 5.91 Å². The molecule has 3 aromatic rings. The van der Waals surface area contributed by atoms with Crippen LogP contribution in [0, 0.1) is 6.92 Å². The number of nitrogens with zero attached hydrogens (tertiary/aromatic N) is 2. The standard InChI is InChI=1S/C28H33N3O3S2/c1-21-6-10-25(11-7-21)31(36(33,34)27-16-14-26(35-3)15-17-27)20-28(32)29-22(2)23-8-12-24(13-9-23)30-18-4-5-19-30/h6-17,22H,4-5,18-20H2,1-3H3,(H,29,32). The van der Waals surface area contributed by atoms with Crippen molar-refractivity contribution in [3.63, 3.8) is 0 Å². The molecule has 1 saturated heterocycles. The summed E-state index contributed by atoms with van der Waals surface area (Å²) < 4.78 is 28.4. The van der Waals surface area contributed by atoms with Crippen molar-refractivity contribution in [2.45, 2.75) is 42.5 Å². The Balaban J connectivity index is 1.52. The number of hydrogen-bond acceptors (Lipinski definition) is 5. The highest BCUT2D eigenvalue weighted by Crippen LogP contribution is 2.26. The summed E-state index contributed by atoms with van der Waals surface area (Å²) in [4.78, 5) is 16.6. The van der Waals surface area contributed by atoms with Crippen LogP contribution < -0.4 is 14.5 Å². The van der Waals surface area contributed by atoms with Crippen molar-refractivity contribution in [3.05, 3.63) is 83.9 Å². The van der Waals surface area contributed by atoms with Crippen LogP contribution in [0.4, 0.5) is 11.4 Å². The number of benzene rings is 3. The van der Waals surface area contributed by atoms with Crippen LogP contribution in [0.2, 0.25) is 0 Å². The molecule has 1 unspecified atom stereocenters. The third kappa shape index (κ3) is 6.05. The van der Waals surface area contributed by atoms with Gasteiger partial charge in [-0.2, -0.15) is 0 Å². The summed E-state index contributed by atoms with van der Waals surface area (Å²) in [5.41, 5.74) is 3.63. The van der Waals surface area contributed by atoms with E-state index in [1.165, 1.54) is 22.8 Å². The maximum atomic E-state index is 13.6. The van der Waals surface area contributed by atoms with Gasteiger partial charge >= 0.3 is 0 Å². The molecule has 6 nitrogen and oxygen atoms in total. The van der Waals surface area contributed by atoms with Crippen molar-refractivity contribution in [3.8, 4) is 0 Å². The molecule has 0 bridgehead atoms. The number of carbonyl (C=O) groups excluding carboxylic acids is 1. The second-order valence-corrected chi connectivity index (χ2v) is 11.8. The number of amides is 1. The number of nitrogens with one attached hydrogen (secondary N) is 1. The molecule has 0 spiro atoms. The van der Waals surface area contributed by atoms with Crippen LogP contribution in [0.3, 0.4) is 0 Å². The van der Waals surface area contributed by atoms with Crippen LogP contribution in [0.1, 0.15) is 36.9 Å². The van der Waals surface area contributed by atoms with E-state index in [0.717, 1.165) is 29.1 Å². The van der Waals surface area contributed by atoms with Crippen LogP contribution in [0.25, 0.3) is 0 Å². The molecule has 190 valence electrons. The van der Waals surface area contributed by atoms with Crippen molar-refractivity contribution in [2.75, 3.05) is 35.1 Å². The summed E-state index contributed by atoms with van der Waals surface area (Å²) in [6.07, 6.45) is 4.38. The molecule has 1 N–H and O–H groups in total. The van der Waals surface area contributed by atoms with Crippen LogP contribution >= 0.6 is 11.8 Å². The summed E-state index contributed by atoms with van der Waals surface area (Å²) in [5.74, 6) is -0.365. The summed E-state index contributed by atoms with van der Waals surface area (Å²) in [6.45, 7) is 5.69. The maximum absolute atomic E-state index is 13.6. The molecular weight excluding hydrogens is 490 g/mol. The summed E-state index contributed by atoms with van der Waals surface area (Å²) in [6, 6.07) is 21.9. The zero-order valence-electron chi connectivity index (χ0n) is 21.0. The Morgan fingerprint density at radius 1 is 0.972 bits per heavy atom. The average molecular weight is 524 g/mol. The fourth-order valence-corrected chi connectivity index (χ4v) is 6.18. The number of sulfonamides is 1. The van der Waals surface area contributed by atoms with E-state index in [0.29, 0.717) is 5.69 Å². The quantitative estimate of drug-likeness (QED) is 0.381. The number of aryl methyl sites for hydroxylation is 1. The fourth-order valence-electron chi connectivity index (χ4n) is 4.35. The smallest absolute Gasteiger partial charge is 0.264 e. The van der Waals surface area contributed by atoms with E-state index in [1.54, 1.807) is 48.2 Å². The summed E-state index contributed by atoms with van der Waals surface area (Å²) >= 11 is 1.54. The lowest BCUT2D eigenvalue weighted by Crippen LogP contribution is -2.41. The van der Waals surface area contributed by atoms with Gasteiger partial charge in [0.15, 0.2) is 0 Å². The summed E-state index contributed by atoms with van der Waals surface area (Å²) in [7, 11) is -3.94. The Morgan fingerprint density at radius 3 is 2.17 bits per heavy atom. The molecular formula is C28H33N3O3S2. The normalized spacial score (nSPS) is 14.5.